The molecular formula is C7H6N2O3. The molecule has 0 radical (unpaired) electrons. The first-order valence-electron chi connectivity index (χ1n) is 3.48. The second-order valence-corrected chi connectivity index (χ2v) is 2.22. The van der Waals surface area contributed by atoms with Gasteiger partial charge in [-0.15, -0.1) is 0 Å². The van der Waals surface area contributed by atoms with Crippen LogP contribution in [0.2, 0.25) is 0 Å². The molecule has 0 atom stereocenters. The van der Waals surface area contributed by atoms with E-state index in [-0.39, 0.29) is 5.69 Å². The number of rotatable bonds is 1. The smallest absolute Gasteiger partial charge is 0.278 e. The van der Waals surface area contributed by atoms with E-state index in [2.05, 4.69) is 9.97 Å². The molecule has 0 unspecified atom stereocenters. The maximum absolute atomic E-state index is 10.3. The predicted octanol–water partition coefficient (Wildman–Crippen LogP) is 0.0603. The van der Waals surface area contributed by atoms with E-state index in [1.165, 1.54) is 6.20 Å². The third-order valence-corrected chi connectivity index (χ3v) is 1.41. The fourth-order valence-corrected chi connectivity index (χ4v) is 0.900. The highest BCUT2D eigenvalue weighted by Crippen LogP contribution is 2.23. The molecule has 2 rings (SSSR count). The standard InChI is InChI=1S/C7H6N2O3/c10-4-5-3-8-6-7(9-5)12-2-1-11-6/h3-4H,1-2H2. The zero-order valence-electron chi connectivity index (χ0n) is 6.19. The van der Waals surface area contributed by atoms with Crippen LogP contribution < -0.4 is 9.47 Å². The maximum atomic E-state index is 10.3. The molecule has 0 saturated carbocycles. The Balaban J connectivity index is 2.42. The van der Waals surface area contributed by atoms with Crippen LogP contribution in [0.5, 0.6) is 11.8 Å². The Kier molecular flexibility index (Phi) is 1.62. The lowest BCUT2D eigenvalue weighted by atomic mass is 10.5. The Morgan fingerprint density at radius 1 is 1.33 bits per heavy atom. The summed E-state index contributed by atoms with van der Waals surface area (Å²) in [6.07, 6.45) is 1.96. The minimum Gasteiger partial charge on any atom is -0.470 e. The zero-order chi connectivity index (χ0) is 8.39. The van der Waals surface area contributed by atoms with Gasteiger partial charge in [0.05, 0.1) is 6.20 Å². The highest BCUT2D eigenvalue weighted by Gasteiger charge is 2.14. The fourth-order valence-electron chi connectivity index (χ4n) is 0.900. The van der Waals surface area contributed by atoms with Crippen LogP contribution in [0.3, 0.4) is 0 Å². The molecule has 0 aliphatic carbocycles. The van der Waals surface area contributed by atoms with Gasteiger partial charge in [0.15, 0.2) is 6.29 Å². The number of hydrogen-bond acceptors (Lipinski definition) is 5. The number of aldehydes is 1. The minimum atomic E-state index is 0.249. The second kappa shape index (κ2) is 2.77. The summed E-state index contributed by atoms with van der Waals surface area (Å²) in [6.45, 7) is 0.923. The topological polar surface area (TPSA) is 61.3 Å². The van der Waals surface area contributed by atoms with Gasteiger partial charge in [0.25, 0.3) is 11.8 Å². The van der Waals surface area contributed by atoms with E-state index in [4.69, 9.17) is 9.47 Å². The van der Waals surface area contributed by atoms with Crippen LogP contribution in [0.1, 0.15) is 10.5 Å². The molecule has 5 heteroatoms. The van der Waals surface area contributed by atoms with E-state index in [0.717, 1.165) is 0 Å². The summed E-state index contributed by atoms with van der Waals surface area (Å²) in [5.74, 6) is 0.651. The molecule has 62 valence electrons. The molecule has 1 aromatic rings. The van der Waals surface area contributed by atoms with Gasteiger partial charge in [-0.3, -0.25) is 4.79 Å². The van der Waals surface area contributed by atoms with E-state index in [9.17, 15) is 4.79 Å². The van der Waals surface area contributed by atoms with Crippen molar-refractivity contribution in [3.05, 3.63) is 11.9 Å². The van der Waals surface area contributed by atoms with Crippen LogP contribution in [0, 0.1) is 0 Å². The van der Waals surface area contributed by atoms with Gasteiger partial charge in [-0.1, -0.05) is 0 Å². The van der Waals surface area contributed by atoms with Crippen molar-refractivity contribution >= 4 is 6.29 Å². The molecule has 1 aliphatic rings. The Bertz CT molecular complexity index is 314. The number of aromatic nitrogens is 2. The Morgan fingerprint density at radius 3 is 2.83 bits per heavy atom. The van der Waals surface area contributed by atoms with Crippen molar-refractivity contribution in [3.8, 4) is 11.8 Å². The quantitative estimate of drug-likeness (QED) is 0.552. The Morgan fingerprint density at radius 2 is 2.08 bits per heavy atom. The molecule has 2 heterocycles. The summed E-state index contributed by atoms with van der Waals surface area (Å²) in [7, 11) is 0. The summed E-state index contributed by atoms with van der Waals surface area (Å²) in [5.41, 5.74) is 0.249. The van der Waals surface area contributed by atoms with Gasteiger partial charge in [0.1, 0.15) is 18.9 Å². The Hall–Kier alpha value is -1.65. The van der Waals surface area contributed by atoms with Crippen LogP contribution in [0.4, 0.5) is 0 Å². The molecular weight excluding hydrogens is 160 g/mol. The number of ether oxygens (including phenoxy) is 2. The minimum absolute atomic E-state index is 0.249. The molecule has 1 aromatic heterocycles. The number of hydrogen-bond donors (Lipinski definition) is 0. The first-order chi connectivity index (χ1) is 5.90. The molecule has 0 saturated heterocycles. The van der Waals surface area contributed by atoms with Gasteiger partial charge in [-0.05, 0) is 0 Å². The molecule has 0 fully saturated rings. The molecule has 0 bridgehead atoms. The van der Waals surface area contributed by atoms with Gasteiger partial charge >= 0.3 is 0 Å². The van der Waals surface area contributed by atoms with Crippen molar-refractivity contribution in [2.45, 2.75) is 0 Å². The van der Waals surface area contributed by atoms with E-state index >= 15 is 0 Å². The van der Waals surface area contributed by atoms with Crippen LogP contribution in [0.25, 0.3) is 0 Å². The average Bonchev–Trinajstić information content (AvgIpc) is 2.17. The summed E-state index contributed by atoms with van der Waals surface area (Å²) in [5, 5.41) is 0. The van der Waals surface area contributed by atoms with Crippen LogP contribution in [-0.2, 0) is 0 Å². The van der Waals surface area contributed by atoms with Gasteiger partial charge < -0.3 is 9.47 Å². The van der Waals surface area contributed by atoms with Crippen molar-refractivity contribution in [2.24, 2.45) is 0 Å². The normalized spacial score (nSPS) is 14.0. The SMILES string of the molecule is O=Cc1cnc2c(n1)OCCO2. The molecule has 0 aromatic carbocycles. The number of carbonyl (C=O) groups excluding carboxylic acids is 1. The first-order valence-corrected chi connectivity index (χ1v) is 3.48. The van der Waals surface area contributed by atoms with Gasteiger partial charge in [-0.25, -0.2) is 9.97 Å². The monoisotopic (exact) mass is 166 g/mol. The summed E-state index contributed by atoms with van der Waals surface area (Å²) in [4.78, 5) is 18.0. The van der Waals surface area contributed by atoms with Crippen molar-refractivity contribution in [2.75, 3.05) is 13.2 Å². The third-order valence-electron chi connectivity index (χ3n) is 1.41. The molecule has 0 spiro atoms. The van der Waals surface area contributed by atoms with Crippen LogP contribution in [-0.4, -0.2) is 29.5 Å². The lowest BCUT2D eigenvalue weighted by Crippen LogP contribution is -2.17. The predicted molar refractivity (Wildman–Crippen MR) is 38.4 cm³/mol. The largest absolute Gasteiger partial charge is 0.470 e. The third kappa shape index (κ3) is 1.09. The van der Waals surface area contributed by atoms with E-state index in [1.54, 1.807) is 0 Å². The van der Waals surface area contributed by atoms with Crippen molar-refractivity contribution in [1.82, 2.24) is 9.97 Å². The molecule has 0 N–H and O–H groups in total. The van der Waals surface area contributed by atoms with Crippen molar-refractivity contribution in [1.29, 1.82) is 0 Å². The van der Waals surface area contributed by atoms with E-state index < -0.39 is 0 Å². The van der Waals surface area contributed by atoms with Crippen molar-refractivity contribution < 1.29 is 14.3 Å². The fraction of sp³-hybridized carbons (Fsp3) is 0.286. The number of carbonyl (C=O) groups is 1. The first kappa shape index (κ1) is 7.02. The van der Waals surface area contributed by atoms with Crippen LogP contribution >= 0.6 is 0 Å². The summed E-state index contributed by atoms with van der Waals surface area (Å²) in [6, 6.07) is 0. The highest BCUT2D eigenvalue weighted by atomic mass is 16.6. The molecule has 5 nitrogen and oxygen atoms in total. The molecule has 1 aliphatic heterocycles. The van der Waals surface area contributed by atoms with E-state index in [0.29, 0.717) is 31.3 Å². The lowest BCUT2D eigenvalue weighted by Gasteiger charge is -2.15. The van der Waals surface area contributed by atoms with Gasteiger partial charge in [-0.2, -0.15) is 0 Å². The summed E-state index contributed by atoms with van der Waals surface area (Å²) < 4.78 is 10.2. The lowest BCUT2D eigenvalue weighted by molar-refractivity contribution is 0.111. The average molecular weight is 166 g/mol. The number of nitrogens with zero attached hydrogens (tertiary/aromatic N) is 2. The summed E-state index contributed by atoms with van der Waals surface area (Å²) >= 11 is 0. The zero-order valence-corrected chi connectivity index (χ0v) is 6.19. The van der Waals surface area contributed by atoms with Gasteiger partial charge in [0, 0.05) is 0 Å². The van der Waals surface area contributed by atoms with Crippen molar-refractivity contribution in [3.63, 3.8) is 0 Å². The Labute approximate surface area is 68.3 Å². The number of fused-ring (bicyclic) bond motifs is 1. The molecule has 0 amide bonds. The maximum Gasteiger partial charge on any atom is 0.278 e. The molecule has 12 heavy (non-hydrogen) atoms. The van der Waals surface area contributed by atoms with E-state index in [1.807, 2.05) is 0 Å². The van der Waals surface area contributed by atoms with Gasteiger partial charge in [0.2, 0.25) is 0 Å². The van der Waals surface area contributed by atoms with Crippen LogP contribution in [0.15, 0.2) is 6.20 Å². The second-order valence-electron chi connectivity index (χ2n) is 2.22. The highest BCUT2D eigenvalue weighted by molar-refractivity contribution is 5.71.